The van der Waals surface area contributed by atoms with Crippen molar-refractivity contribution in [1.82, 2.24) is 5.16 Å². The van der Waals surface area contributed by atoms with E-state index in [1.54, 1.807) is 13.0 Å². The number of alkyl halides is 4. The monoisotopic (exact) mass is 275 g/mol. The maximum Gasteiger partial charge on any atom is 0.366 e. The maximum atomic E-state index is 13.0. The molecule has 0 aliphatic carbocycles. The van der Waals surface area contributed by atoms with Crippen LogP contribution in [0.4, 0.5) is 17.6 Å². The molecule has 0 aliphatic heterocycles. The Kier molecular flexibility index (Phi) is 3.21. The molecule has 1 aromatic carbocycles. The number of aromatic nitrogens is 1. The largest absolute Gasteiger partial charge is 0.507 e. The third-order valence-corrected chi connectivity index (χ3v) is 2.54. The van der Waals surface area contributed by atoms with Gasteiger partial charge in [0.2, 0.25) is 5.76 Å². The lowest BCUT2D eigenvalue weighted by atomic mass is 10.1. The lowest BCUT2D eigenvalue weighted by molar-refractivity contribution is -0.149. The smallest absolute Gasteiger partial charge is 0.366 e. The van der Waals surface area contributed by atoms with Crippen LogP contribution >= 0.6 is 0 Å². The molecule has 0 saturated heterocycles. The molecule has 3 nitrogen and oxygen atoms in total. The highest BCUT2D eigenvalue weighted by atomic mass is 19.3. The normalized spacial score (nSPS) is 12.1. The first-order valence-electron chi connectivity index (χ1n) is 5.25. The molecule has 2 aromatic rings. The minimum Gasteiger partial charge on any atom is -0.507 e. The molecule has 1 aromatic heterocycles. The third kappa shape index (κ3) is 2.40. The number of phenols is 1. The van der Waals surface area contributed by atoms with Crippen LogP contribution in [-0.2, 0) is 5.92 Å². The van der Waals surface area contributed by atoms with E-state index in [1.807, 2.05) is 0 Å². The van der Waals surface area contributed by atoms with E-state index >= 15 is 0 Å². The van der Waals surface area contributed by atoms with Crippen molar-refractivity contribution in [2.24, 2.45) is 0 Å². The number of halogens is 4. The molecule has 102 valence electrons. The zero-order valence-corrected chi connectivity index (χ0v) is 9.70. The van der Waals surface area contributed by atoms with E-state index in [1.165, 1.54) is 12.1 Å². The molecular weight excluding hydrogens is 266 g/mol. The summed E-state index contributed by atoms with van der Waals surface area (Å²) in [6.45, 7) is 1.72. The molecule has 19 heavy (non-hydrogen) atoms. The number of phenolic OH excluding ortho intramolecular Hbond substituents is 1. The van der Waals surface area contributed by atoms with Gasteiger partial charge in [-0.25, -0.2) is 8.78 Å². The second kappa shape index (κ2) is 4.56. The zero-order chi connectivity index (χ0) is 14.2. The Morgan fingerprint density at radius 2 is 1.95 bits per heavy atom. The third-order valence-electron chi connectivity index (χ3n) is 2.54. The average molecular weight is 275 g/mol. The molecule has 0 saturated carbocycles. The predicted octanol–water partition coefficient (Wildman–Crippen LogP) is 3.71. The molecule has 1 heterocycles. The Bertz CT molecular complexity index is 595. The quantitative estimate of drug-likeness (QED) is 0.868. The lowest BCUT2D eigenvalue weighted by Crippen LogP contribution is -2.22. The number of aromatic hydroxyl groups is 1. The van der Waals surface area contributed by atoms with Gasteiger partial charge >= 0.3 is 12.3 Å². The van der Waals surface area contributed by atoms with E-state index in [0.717, 1.165) is 5.56 Å². The molecule has 0 atom stereocenters. The molecule has 0 unspecified atom stereocenters. The van der Waals surface area contributed by atoms with Crippen LogP contribution in [0.3, 0.4) is 0 Å². The summed E-state index contributed by atoms with van der Waals surface area (Å²) in [5, 5.41) is 12.9. The summed E-state index contributed by atoms with van der Waals surface area (Å²) < 4.78 is 54.7. The summed E-state index contributed by atoms with van der Waals surface area (Å²) in [6.07, 6.45) is -3.89. The summed E-state index contributed by atoms with van der Waals surface area (Å²) in [7, 11) is 0. The van der Waals surface area contributed by atoms with Crippen LogP contribution in [0.25, 0.3) is 11.3 Å². The number of aryl methyl sites for hydroxylation is 1. The number of rotatable bonds is 3. The molecule has 0 aliphatic rings. The Morgan fingerprint density at radius 3 is 2.58 bits per heavy atom. The van der Waals surface area contributed by atoms with E-state index in [4.69, 9.17) is 0 Å². The summed E-state index contributed by atoms with van der Waals surface area (Å²) in [6, 6.07) is 5.13. The van der Waals surface area contributed by atoms with Gasteiger partial charge in [0, 0.05) is 11.6 Å². The van der Waals surface area contributed by atoms with Crippen molar-refractivity contribution in [3.8, 4) is 17.0 Å². The highest BCUT2D eigenvalue weighted by molar-refractivity contribution is 5.67. The second-order valence-electron chi connectivity index (χ2n) is 4.02. The van der Waals surface area contributed by atoms with Gasteiger partial charge in [0.1, 0.15) is 11.4 Å². The van der Waals surface area contributed by atoms with Crippen LogP contribution in [-0.4, -0.2) is 16.7 Å². The molecule has 0 radical (unpaired) electrons. The van der Waals surface area contributed by atoms with E-state index in [9.17, 15) is 22.7 Å². The first-order chi connectivity index (χ1) is 8.82. The van der Waals surface area contributed by atoms with Gasteiger partial charge in [-0.1, -0.05) is 16.8 Å². The fourth-order valence-corrected chi connectivity index (χ4v) is 1.52. The van der Waals surface area contributed by atoms with E-state index in [0.29, 0.717) is 6.07 Å². The van der Waals surface area contributed by atoms with Gasteiger partial charge in [-0.3, -0.25) is 0 Å². The van der Waals surface area contributed by atoms with E-state index in [2.05, 4.69) is 9.68 Å². The van der Waals surface area contributed by atoms with Crippen molar-refractivity contribution in [3.05, 3.63) is 35.6 Å². The molecule has 7 heteroatoms. The van der Waals surface area contributed by atoms with Gasteiger partial charge in [-0.05, 0) is 19.1 Å². The SMILES string of the molecule is Cc1ccc(O)c(-c2cc(C(F)(F)C(F)F)on2)c1. The van der Waals surface area contributed by atoms with Crippen molar-refractivity contribution < 1.29 is 27.2 Å². The molecule has 0 bridgehead atoms. The molecule has 0 fully saturated rings. The molecule has 2 rings (SSSR count). The zero-order valence-electron chi connectivity index (χ0n) is 9.70. The second-order valence-corrected chi connectivity index (χ2v) is 4.02. The number of benzene rings is 1. The van der Waals surface area contributed by atoms with Gasteiger partial charge in [0.25, 0.3) is 0 Å². The number of nitrogens with zero attached hydrogens (tertiary/aromatic N) is 1. The van der Waals surface area contributed by atoms with Crippen LogP contribution in [0, 0.1) is 6.92 Å². The topological polar surface area (TPSA) is 46.3 Å². The molecular formula is C12H9F4NO2. The van der Waals surface area contributed by atoms with Crippen LogP contribution in [0.15, 0.2) is 28.8 Å². The van der Waals surface area contributed by atoms with Crippen molar-refractivity contribution in [2.75, 3.05) is 0 Å². The van der Waals surface area contributed by atoms with Gasteiger partial charge in [-0.15, -0.1) is 0 Å². The van der Waals surface area contributed by atoms with Gasteiger partial charge < -0.3 is 9.63 Å². The Hall–Kier alpha value is -2.05. The molecule has 1 N–H and O–H groups in total. The van der Waals surface area contributed by atoms with Gasteiger partial charge in [0.05, 0.1) is 0 Å². The standard InChI is InChI=1S/C12H9F4NO2/c1-6-2-3-9(18)7(4-6)8-5-10(19-17-8)12(15,16)11(13)14/h2-5,11,18H,1H3. The van der Waals surface area contributed by atoms with E-state index < -0.39 is 18.1 Å². The first-order valence-corrected chi connectivity index (χ1v) is 5.25. The van der Waals surface area contributed by atoms with Gasteiger partial charge in [0.15, 0.2) is 0 Å². The minimum absolute atomic E-state index is 0.128. The van der Waals surface area contributed by atoms with Gasteiger partial charge in [-0.2, -0.15) is 8.78 Å². The first kappa shape index (κ1) is 13.4. The summed E-state index contributed by atoms with van der Waals surface area (Å²) in [4.78, 5) is 0. The Morgan fingerprint density at radius 1 is 1.26 bits per heavy atom. The van der Waals surface area contributed by atoms with Crippen molar-refractivity contribution >= 4 is 0 Å². The average Bonchev–Trinajstić information content (AvgIpc) is 2.82. The summed E-state index contributed by atoms with van der Waals surface area (Å²) in [5.74, 6) is -5.85. The number of hydrogen-bond donors (Lipinski definition) is 1. The predicted molar refractivity (Wildman–Crippen MR) is 58.2 cm³/mol. The highest BCUT2D eigenvalue weighted by Gasteiger charge is 2.46. The Balaban J connectivity index is 2.44. The highest BCUT2D eigenvalue weighted by Crippen LogP contribution is 2.37. The molecule has 0 spiro atoms. The fourth-order valence-electron chi connectivity index (χ4n) is 1.52. The maximum absolute atomic E-state index is 13.0. The van der Waals surface area contributed by atoms with Crippen LogP contribution in [0.2, 0.25) is 0 Å². The van der Waals surface area contributed by atoms with Crippen LogP contribution in [0.5, 0.6) is 5.75 Å². The molecule has 0 amide bonds. The Labute approximate surface area is 105 Å². The van der Waals surface area contributed by atoms with Crippen LogP contribution < -0.4 is 0 Å². The van der Waals surface area contributed by atoms with Crippen molar-refractivity contribution in [1.29, 1.82) is 0 Å². The summed E-state index contributed by atoms with van der Waals surface area (Å²) >= 11 is 0. The van der Waals surface area contributed by atoms with Crippen molar-refractivity contribution in [2.45, 2.75) is 19.3 Å². The lowest BCUT2D eigenvalue weighted by Gasteiger charge is -2.09. The minimum atomic E-state index is -4.41. The summed E-state index contributed by atoms with van der Waals surface area (Å²) in [5.41, 5.74) is 0.759. The fraction of sp³-hybridized carbons (Fsp3) is 0.250. The number of hydrogen-bond acceptors (Lipinski definition) is 3. The van der Waals surface area contributed by atoms with Crippen LogP contribution in [0.1, 0.15) is 11.3 Å². The van der Waals surface area contributed by atoms with E-state index in [-0.39, 0.29) is 17.0 Å². The van der Waals surface area contributed by atoms with Crippen molar-refractivity contribution in [3.63, 3.8) is 0 Å².